The van der Waals surface area contributed by atoms with Crippen molar-refractivity contribution in [2.75, 3.05) is 26.2 Å². The molecular formula is C24H33F3N2O3. The van der Waals surface area contributed by atoms with Gasteiger partial charge in [0.25, 0.3) is 0 Å². The van der Waals surface area contributed by atoms with Crippen LogP contribution < -0.4 is 0 Å². The Morgan fingerprint density at radius 1 is 0.969 bits per heavy atom. The number of halogens is 3. The van der Waals surface area contributed by atoms with Crippen molar-refractivity contribution in [3.05, 3.63) is 35.4 Å². The summed E-state index contributed by atoms with van der Waals surface area (Å²) in [5.41, 5.74) is -0.955. The lowest BCUT2D eigenvalue weighted by Crippen LogP contribution is -2.57. The molecule has 1 amide bonds. The Balaban J connectivity index is 1.52. The summed E-state index contributed by atoms with van der Waals surface area (Å²) < 4.78 is 43.7. The van der Waals surface area contributed by atoms with E-state index in [0.29, 0.717) is 31.5 Å². The third kappa shape index (κ3) is 5.82. The molecule has 178 valence electrons. The number of rotatable bonds is 3. The Morgan fingerprint density at radius 3 is 1.97 bits per heavy atom. The van der Waals surface area contributed by atoms with Crippen molar-refractivity contribution < 1.29 is 27.5 Å². The minimum atomic E-state index is -4.40. The van der Waals surface area contributed by atoms with Crippen LogP contribution in [0.15, 0.2) is 24.3 Å². The average Bonchev–Trinajstić information content (AvgIpc) is 2.72. The van der Waals surface area contributed by atoms with Crippen LogP contribution in [0.4, 0.5) is 18.0 Å². The number of carbonyl (C=O) groups excluding carboxylic acids is 2. The Kier molecular flexibility index (Phi) is 6.94. The van der Waals surface area contributed by atoms with Crippen molar-refractivity contribution in [3.8, 4) is 0 Å². The average molecular weight is 455 g/mol. The number of nitrogens with zero attached hydrogens (tertiary/aromatic N) is 2. The second-order valence-electron chi connectivity index (χ2n) is 10.2. The van der Waals surface area contributed by atoms with E-state index in [1.54, 1.807) is 4.90 Å². The van der Waals surface area contributed by atoms with Crippen LogP contribution in [0.2, 0.25) is 0 Å². The third-order valence-corrected chi connectivity index (χ3v) is 6.62. The Morgan fingerprint density at radius 2 is 1.50 bits per heavy atom. The number of piperidine rings is 2. The molecule has 0 aliphatic carbocycles. The normalized spacial score (nSPS) is 20.8. The zero-order valence-electron chi connectivity index (χ0n) is 19.3. The molecule has 1 aromatic carbocycles. The van der Waals surface area contributed by atoms with Crippen molar-refractivity contribution in [3.63, 3.8) is 0 Å². The smallest absolute Gasteiger partial charge is 0.416 e. The van der Waals surface area contributed by atoms with Crippen LogP contribution in [0, 0.1) is 5.92 Å². The lowest BCUT2D eigenvalue weighted by Gasteiger charge is -2.49. The number of amides is 1. The van der Waals surface area contributed by atoms with Crippen molar-refractivity contribution in [1.29, 1.82) is 0 Å². The predicted octanol–water partition coefficient (Wildman–Crippen LogP) is 5.39. The molecule has 2 aliphatic rings. The van der Waals surface area contributed by atoms with Crippen LogP contribution >= 0.6 is 0 Å². The Labute approximate surface area is 187 Å². The fraction of sp³-hybridized carbons (Fsp3) is 0.667. The minimum absolute atomic E-state index is 0.0408. The maximum atomic E-state index is 12.8. The second kappa shape index (κ2) is 9.04. The number of Topliss-reactive ketones (excluding diaryl/α,β-unsaturated/α-hetero) is 1. The molecule has 5 nitrogen and oxygen atoms in total. The summed E-state index contributed by atoms with van der Waals surface area (Å²) >= 11 is 0. The van der Waals surface area contributed by atoms with E-state index in [0.717, 1.165) is 38.1 Å². The fourth-order valence-electron chi connectivity index (χ4n) is 4.55. The standard InChI is InChI=1S/C24H33F3N2O3/c1-22(2,3)32-21(31)28-15-11-23(4,12-16-28)29-13-9-18(10-14-29)20(30)17-5-7-19(8-6-17)24(25,26)27/h5-8,18H,9-16H2,1-4H3. The summed E-state index contributed by atoms with van der Waals surface area (Å²) in [6.45, 7) is 10.6. The van der Waals surface area contributed by atoms with Crippen LogP contribution in [0.1, 0.15) is 69.3 Å². The molecule has 0 bridgehead atoms. The molecule has 0 radical (unpaired) electrons. The predicted molar refractivity (Wildman–Crippen MR) is 116 cm³/mol. The number of benzene rings is 1. The molecule has 2 saturated heterocycles. The maximum absolute atomic E-state index is 12.8. The van der Waals surface area contributed by atoms with Gasteiger partial charge in [0.15, 0.2) is 5.78 Å². The van der Waals surface area contributed by atoms with Gasteiger partial charge in [0.1, 0.15) is 5.60 Å². The first-order valence-electron chi connectivity index (χ1n) is 11.2. The number of hydrogen-bond donors (Lipinski definition) is 0. The minimum Gasteiger partial charge on any atom is -0.444 e. The Bertz CT molecular complexity index is 814. The summed E-state index contributed by atoms with van der Waals surface area (Å²) in [4.78, 5) is 29.3. The first kappa shape index (κ1) is 24.6. The van der Waals surface area contributed by atoms with Gasteiger partial charge in [-0.3, -0.25) is 9.69 Å². The van der Waals surface area contributed by atoms with E-state index in [1.807, 2.05) is 20.8 Å². The van der Waals surface area contributed by atoms with Crippen molar-refractivity contribution in [2.24, 2.45) is 5.92 Å². The lowest BCUT2D eigenvalue weighted by atomic mass is 9.82. The highest BCUT2D eigenvalue weighted by atomic mass is 19.4. The van der Waals surface area contributed by atoms with Gasteiger partial charge in [-0.25, -0.2) is 4.79 Å². The quantitative estimate of drug-likeness (QED) is 0.575. The maximum Gasteiger partial charge on any atom is 0.416 e. The Hall–Kier alpha value is -2.09. The summed E-state index contributed by atoms with van der Waals surface area (Å²) in [6, 6.07) is 4.51. The number of likely N-dealkylation sites (tertiary alicyclic amines) is 2. The van der Waals surface area contributed by atoms with Crippen LogP contribution in [0.3, 0.4) is 0 Å². The van der Waals surface area contributed by atoms with Crippen molar-refractivity contribution in [2.45, 2.75) is 70.7 Å². The molecule has 0 spiro atoms. The summed E-state index contributed by atoms with van der Waals surface area (Å²) in [6.07, 6.45) is -1.63. The molecule has 0 saturated carbocycles. The van der Waals surface area contributed by atoms with Crippen LogP contribution in [-0.4, -0.2) is 59.0 Å². The molecule has 2 heterocycles. The van der Waals surface area contributed by atoms with E-state index in [1.165, 1.54) is 12.1 Å². The molecule has 0 N–H and O–H groups in total. The van der Waals surface area contributed by atoms with E-state index < -0.39 is 17.3 Å². The molecule has 0 aromatic heterocycles. The molecule has 32 heavy (non-hydrogen) atoms. The van der Waals surface area contributed by atoms with Crippen LogP contribution in [0.5, 0.6) is 0 Å². The number of ether oxygens (including phenoxy) is 1. The van der Waals surface area contributed by atoms with Gasteiger partial charge < -0.3 is 9.64 Å². The topological polar surface area (TPSA) is 49.9 Å². The van der Waals surface area contributed by atoms with Gasteiger partial charge in [0.05, 0.1) is 5.56 Å². The molecule has 0 unspecified atom stereocenters. The van der Waals surface area contributed by atoms with Gasteiger partial charge in [-0.2, -0.15) is 13.2 Å². The van der Waals surface area contributed by atoms with Gasteiger partial charge in [0.2, 0.25) is 0 Å². The first-order valence-corrected chi connectivity index (χ1v) is 11.2. The third-order valence-electron chi connectivity index (χ3n) is 6.62. The highest BCUT2D eigenvalue weighted by Gasteiger charge is 2.40. The largest absolute Gasteiger partial charge is 0.444 e. The van der Waals surface area contributed by atoms with Crippen molar-refractivity contribution in [1.82, 2.24) is 9.80 Å². The van der Waals surface area contributed by atoms with Gasteiger partial charge >= 0.3 is 12.3 Å². The zero-order valence-corrected chi connectivity index (χ0v) is 19.3. The number of hydrogen-bond acceptors (Lipinski definition) is 4. The number of ketones is 1. The van der Waals surface area contributed by atoms with E-state index in [-0.39, 0.29) is 23.3 Å². The van der Waals surface area contributed by atoms with Gasteiger partial charge in [-0.05, 0) is 78.6 Å². The van der Waals surface area contributed by atoms with Gasteiger partial charge in [-0.1, -0.05) is 12.1 Å². The highest BCUT2D eigenvalue weighted by Crippen LogP contribution is 2.34. The SMILES string of the molecule is CC(C)(C)OC(=O)N1CCC(C)(N2CCC(C(=O)c3ccc(C(F)(F)F)cc3)CC2)CC1. The molecule has 8 heteroatoms. The van der Waals surface area contributed by atoms with Gasteiger partial charge in [0, 0.05) is 30.1 Å². The van der Waals surface area contributed by atoms with E-state index >= 15 is 0 Å². The molecular weight excluding hydrogens is 421 g/mol. The highest BCUT2D eigenvalue weighted by molar-refractivity contribution is 5.97. The second-order valence-corrected chi connectivity index (χ2v) is 10.2. The summed E-state index contributed by atoms with van der Waals surface area (Å²) in [5, 5.41) is 0. The van der Waals surface area contributed by atoms with Crippen LogP contribution in [-0.2, 0) is 10.9 Å². The van der Waals surface area contributed by atoms with E-state index in [9.17, 15) is 22.8 Å². The van der Waals surface area contributed by atoms with E-state index in [2.05, 4.69) is 11.8 Å². The van der Waals surface area contributed by atoms with Crippen molar-refractivity contribution >= 4 is 11.9 Å². The molecule has 0 atom stereocenters. The molecule has 2 aliphatic heterocycles. The van der Waals surface area contributed by atoms with Crippen LogP contribution in [0.25, 0.3) is 0 Å². The van der Waals surface area contributed by atoms with Gasteiger partial charge in [-0.15, -0.1) is 0 Å². The number of carbonyl (C=O) groups is 2. The fourth-order valence-corrected chi connectivity index (χ4v) is 4.55. The first-order chi connectivity index (χ1) is 14.8. The molecule has 1 aromatic rings. The summed E-state index contributed by atoms with van der Waals surface area (Å²) in [5.74, 6) is -0.253. The molecule has 2 fully saturated rings. The molecule has 3 rings (SSSR count). The monoisotopic (exact) mass is 454 g/mol. The van der Waals surface area contributed by atoms with E-state index in [4.69, 9.17) is 4.74 Å². The number of alkyl halides is 3. The zero-order chi connectivity index (χ0) is 23.7. The lowest BCUT2D eigenvalue weighted by molar-refractivity contribution is -0.137. The summed E-state index contributed by atoms with van der Waals surface area (Å²) in [7, 11) is 0.